The average Bonchev–Trinajstić information content (AvgIpc) is 2.78. The molecule has 0 radical (unpaired) electrons. The number of hydrogen-bond acceptors (Lipinski definition) is 5. The second-order valence-electron chi connectivity index (χ2n) is 6.71. The van der Waals surface area contributed by atoms with Crippen LogP contribution in [0.3, 0.4) is 0 Å². The number of amides is 1. The Morgan fingerprint density at radius 3 is 2.10 bits per heavy atom. The SMILES string of the molecule is O=C(COC(=O)CC(c1ccccc1)c1ccccc1)Nc1ccc(Cl)c([N+](=O)[O-])c1. The Morgan fingerprint density at radius 1 is 0.968 bits per heavy atom. The van der Waals surface area contributed by atoms with Crippen LogP contribution in [0.25, 0.3) is 0 Å². The summed E-state index contributed by atoms with van der Waals surface area (Å²) in [5.41, 5.74) is 1.78. The van der Waals surface area contributed by atoms with Crippen LogP contribution in [-0.2, 0) is 14.3 Å². The minimum absolute atomic E-state index is 0.0395. The van der Waals surface area contributed by atoms with E-state index < -0.39 is 23.4 Å². The number of esters is 1. The molecule has 0 spiro atoms. The predicted octanol–water partition coefficient (Wildman–Crippen LogP) is 4.95. The van der Waals surface area contributed by atoms with Crippen LogP contribution < -0.4 is 5.32 Å². The van der Waals surface area contributed by atoms with Gasteiger partial charge in [0.15, 0.2) is 6.61 Å². The highest BCUT2D eigenvalue weighted by Gasteiger charge is 2.20. The van der Waals surface area contributed by atoms with Gasteiger partial charge >= 0.3 is 5.97 Å². The highest BCUT2D eigenvalue weighted by atomic mass is 35.5. The normalized spacial score (nSPS) is 10.5. The Balaban J connectivity index is 1.61. The molecule has 0 aliphatic carbocycles. The Morgan fingerprint density at radius 2 is 1.55 bits per heavy atom. The van der Waals surface area contributed by atoms with Crippen LogP contribution in [0.2, 0.25) is 5.02 Å². The lowest BCUT2D eigenvalue weighted by Crippen LogP contribution is -2.22. The highest BCUT2D eigenvalue weighted by molar-refractivity contribution is 6.32. The molecule has 0 saturated heterocycles. The topological polar surface area (TPSA) is 98.5 Å². The van der Waals surface area contributed by atoms with Crippen LogP contribution in [0.1, 0.15) is 23.5 Å². The van der Waals surface area contributed by atoms with Crippen molar-refractivity contribution >= 4 is 34.9 Å². The largest absolute Gasteiger partial charge is 0.456 e. The lowest BCUT2D eigenvalue weighted by atomic mass is 9.89. The van der Waals surface area contributed by atoms with Gasteiger partial charge in [0.25, 0.3) is 11.6 Å². The maximum absolute atomic E-state index is 12.4. The van der Waals surface area contributed by atoms with Gasteiger partial charge in [0.2, 0.25) is 0 Å². The second-order valence-corrected chi connectivity index (χ2v) is 7.12. The van der Waals surface area contributed by atoms with Gasteiger partial charge in [0.1, 0.15) is 5.02 Å². The number of halogens is 1. The number of anilines is 1. The van der Waals surface area contributed by atoms with E-state index in [-0.39, 0.29) is 28.7 Å². The van der Waals surface area contributed by atoms with Crippen LogP contribution in [0, 0.1) is 10.1 Å². The molecule has 0 fully saturated rings. The zero-order valence-corrected chi connectivity index (χ0v) is 17.1. The van der Waals surface area contributed by atoms with Crippen molar-refractivity contribution < 1.29 is 19.2 Å². The Bertz CT molecular complexity index is 1030. The van der Waals surface area contributed by atoms with Gasteiger partial charge in [-0.15, -0.1) is 0 Å². The number of nitro benzene ring substituents is 1. The lowest BCUT2D eigenvalue weighted by molar-refractivity contribution is -0.384. The first-order chi connectivity index (χ1) is 14.9. The molecule has 0 aliphatic heterocycles. The van der Waals surface area contributed by atoms with Crippen molar-refractivity contribution in [2.45, 2.75) is 12.3 Å². The van der Waals surface area contributed by atoms with Crippen molar-refractivity contribution in [1.29, 1.82) is 0 Å². The molecule has 0 unspecified atom stereocenters. The number of carbonyl (C=O) groups is 2. The number of nitrogens with one attached hydrogen (secondary N) is 1. The van der Waals surface area contributed by atoms with Gasteiger partial charge < -0.3 is 10.1 Å². The lowest BCUT2D eigenvalue weighted by Gasteiger charge is -2.17. The minimum Gasteiger partial charge on any atom is -0.456 e. The van der Waals surface area contributed by atoms with Crippen molar-refractivity contribution in [3.05, 3.63) is 105 Å². The van der Waals surface area contributed by atoms with Crippen molar-refractivity contribution in [1.82, 2.24) is 0 Å². The zero-order valence-electron chi connectivity index (χ0n) is 16.4. The third kappa shape index (κ3) is 6.13. The van der Waals surface area contributed by atoms with E-state index in [2.05, 4.69) is 5.32 Å². The van der Waals surface area contributed by atoms with E-state index in [9.17, 15) is 19.7 Å². The molecule has 0 saturated carbocycles. The quantitative estimate of drug-likeness (QED) is 0.304. The van der Waals surface area contributed by atoms with Crippen LogP contribution >= 0.6 is 11.6 Å². The molecular weight excluding hydrogens is 420 g/mol. The van der Waals surface area contributed by atoms with Gasteiger partial charge in [-0.05, 0) is 23.3 Å². The number of benzene rings is 3. The fourth-order valence-electron chi connectivity index (χ4n) is 3.10. The maximum Gasteiger partial charge on any atom is 0.307 e. The number of hydrogen-bond donors (Lipinski definition) is 1. The highest BCUT2D eigenvalue weighted by Crippen LogP contribution is 2.29. The minimum atomic E-state index is -0.648. The van der Waals surface area contributed by atoms with Crippen molar-refractivity contribution in [3.63, 3.8) is 0 Å². The van der Waals surface area contributed by atoms with Gasteiger partial charge in [-0.2, -0.15) is 0 Å². The number of nitro groups is 1. The van der Waals surface area contributed by atoms with E-state index in [1.165, 1.54) is 12.1 Å². The first kappa shape index (κ1) is 22.0. The molecule has 0 atom stereocenters. The Kier molecular flexibility index (Phi) is 7.35. The van der Waals surface area contributed by atoms with E-state index in [1.807, 2.05) is 60.7 Å². The summed E-state index contributed by atoms with van der Waals surface area (Å²) < 4.78 is 5.14. The molecule has 1 N–H and O–H groups in total. The number of carbonyl (C=O) groups excluding carboxylic acids is 2. The summed E-state index contributed by atoms with van der Waals surface area (Å²) in [5, 5.41) is 13.4. The van der Waals surface area contributed by atoms with Gasteiger partial charge in [0.05, 0.1) is 11.3 Å². The van der Waals surface area contributed by atoms with E-state index in [4.69, 9.17) is 16.3 Å². The molecule has 8 heteroatoms. The second kappa shape index (κ2) is 10.4. The number of ether oxygens (including phenoxy) is 1. The van der Waals surface area contributed by atoms with Crippen molar-refractivity contribution in [3.8, 4) is 0 Å². The van der Waals surface area contributed by atoms with Crippen LogP contribution in [0.4, 0.5) is 11.4 Å². The molecule has 0 bridgehead atoms. The van der Waals surface area contributed by atoms with E-state index in [0.717, 1.165) is 17.2 Å². The van der Waals surface area contributed by atoms with E-state index >= 15 is 0 Å². The number of rotatable bonds is 8. The van der Waals surface area contributed by atoms with Crippen molar-refractivity contribution in [2.75, 3.05) is 11.9 Å². The molecule has 158 valence electrons. The van der Waals surface area contributed by atoms with E-state index in [0.29, 0.717) is 0 Å². The summed E-state index contributed by atoms with van der Waals surface area (Å²) in [5.74, 6) is -1.35. The first-order valence-electron chi connectivity index (χ1n) is 9.43. The van der Waals surface area contributed by atoms with Crippen LogP contribution in [0.5, 0.6) is 0 Å². The Hall–Kier alpha value is -3.71. The average molecular weight is 439 g/mol. The van der Waals surface area contributed by atoms with Gasteiger partial charge in [-0.1, -0.05) is 72.3 Å². The summed E-state index contributed by atoms with van der Waals surface area (Å²) in [7, 11) is 0. The molecule has 3 aromatic rings. The van der Waals surface area contributed by atoms with Gasteiger partial charge in [-0.3, -0.25) is 19.7 Å². The molecule has 3 aromatic carbocycles. The fourth-order valence-corrected chi connectivity index (χ4v) is 3.28. The van der Waals surface area contributed by atoms with Crippen molar-refractivity contribution in [2.24, 2.45) is 0 Å². The smallest absolute Gasteiger partial charge is 0.307 e. The standard InChI is InChI=1S/C23H19ClN2O5/c24-20-12-11-18(13-21(20)26(29)30)25-22(27)15-31-23(28)14-19(16-7-3-1-4-8-16)17-9-5-2-6-10-17/h1-13,19H,14-15H2,(H,25,27). The van der Waals surface area contributed by atoms with Gasteiger partial charge in [0, 0.05) is 17.7 Å². The molecule has 0 heterocycles. The summed E-state index contributed by atoms with van der Waals surface area (Å²) in [6, 6.07) is 23.0. The third-order valence-corrected chi connectivity index (χ3v) is 4.89. The zero-order chi connectivity index (χ0) is 22.2. The van der Waals surface area contributed by atoms with Gasteiger partial charge in [-0.25, -0.2) is 0 Å². The number of nitrogens with zero attached hydrogens (tertiary/aromatic N) is 1. The molecule has 3 rings (SSSR count). The summed E-state index contributed by atoms with van der Waals surface area (Å²) in [4.78, 5) is 34.9. The molecule has 0 aromatic heterocycles. The monoisotopic (exact) mass is 438 g/mol. The Labute approximate surface area is 183 Å². The summed E-state index contributed by atoms with van der Waals surface area (Å²) >= 11 is 5.76. The van der Waals surface area contributed by atoms with Crippen LogP contribution in [-0.4, -0.2) is 23.4 Å². The molecule has 0 aliphatic rings. The molecule has 31 heavy (non-hydrogen) atoms. The molecule has 7 nitrogen and oxygen atoms in total. The summed E-state index contributed by atoms with van der Waals surface area (Å²) in [6.07, 6.45) is 0.0632. The summed E-state index contributed by atoms with van der Waals surface area (Å²) in [6.45, 7) is -0.508. The first-order valence-corrected chi connectivity index (χ1v) is 9.81. The maximum atomic E-state index is 12.4. The molecule has 1 amide bonds. The van der Waals surface area contributed by atoms with E-state index in [1.54, 1.807) is 0 Å². The predicted molar refractivity (Wildman–Crippen MR) is 117 cm³/mol. The van der Waals surface area contributed by atoms with Crippen LogP contribution in [0.15, 0.2) is 78.9 Å². The third-order valence-electron chi connectivity index (χ3n) is 4.57. The fraction of sp³-hybridized carbons (Fsp3) is 0.130. The molecular formula is C23H19ClN2O5.